The average Bonchev–Trinajstić information content (AvgIpc) is 2.25. The largest absolute Gasteiger partial charge is 0.325 e. The fourth-order valence-electron chi connectivity index (χ4n) is 1.27. The lowest BCUT2D eigenvalue weighted by molar-refractivity contribution is -0.117. The van der Waals surface area contributed by atoms with Gasteiger partial charge in [0.2, 0.25) is 5.91 Å². The second-order valence-electron chi connectivity index (χ2n) is 3.68. The third-order valence-corrected chi connectivity index (χ3v) is 2.19. The van der Waals surface area contributed by atoms with Gasteiger partial charge in [-0.25, -0.2) is 4.39 Å². The Kier molecular flexibility index (Phi) is 7.50. The lowest BCUT2D eigenvalue weighted by atomic mass is 10.2. The van der Waals surface area contributed by atoms with Gasteiger partial charge >= 0.3 is 0 Å². The fraction of sp³-hybridized carbons (Fsp3) is 0.417. The van der Waals surface area contributed by atoms with Crippen LogP contribution in [0.4, 0.5) is 10.1 Å². The van der Waals surface area contributed by atoms with Crippen molar-refractivity contribution >= 4 is 24.0 Å². The monoisotopic (exact) mass is 260 g/mol. The molecule has 0 spiro atoms. The van der Waals surface area contributed by atoms with Crippen LogP contribution in [0.15, 0.2) is 24.3 Å². The molecular weight excluding hydrogens is 243 g/mol. The molecule has 1 aromatic rings. The van der Waals surface area contributed by atoms with Gasteiger partial charge in [-0.2, -0.15) is 0 Å². The second kappa shape index (κ2) is 8.03. The van der Waals surface area contributed by atoms with Crippen molar-refractivity contribution in [1.29, 1.82) is 0 Å². The minimum Gasteiger partial charge on any atom is -0.325 e. The topological polar surface area (TPSA) is 41.1 Å². The van der Waals surface area contributed by atoms with Crippen LogP contribution in [0.25, 0.3) is 0 Å². The zero-order valence-corrected chi connectivity index (χ0v) is 10.8. The Morgan fingerprint density at radius 1 is 1.47 bits per heavy atom. The molecule has 0 aliphatic carbocycles. The normalized spacial score (nSPS) is 11.5. The number of carbonyl (C=O) groups is 1. The molecule has 0 saturated heterocycles. The molecule has 0 radical (unpaired) electrons. The number of hydrogen-bond acceptors (Lipinski definition) is 2. The molecule has 1 rings (SSSR count). The number of halogens is 2. The summed E-state index contributed by atoms with van der Waals surface area (Å²) in [5, 5.41) is 5.71. The highest BCUT2D eigenvalue weighted by molar-refractivity contribution is 5.94. The van der Waals surface area contributed by atoms with Crippen LogP contribution in [-0.4, -0.2) is 18.5 Å². The molecule has 96 valence electrons. The van der Waals surface area contributed by atoms with E-state index in [1.165, 1.54) is 12.1 Å². The summed E-state index contributed by atoms with van der Waals surface area (Å²) in [4.78, 5) is 11.6. The summed E-state index contributed by atoms with van der Waals surface area (Å²) < 4.78 is 12.9. The predicted octanol–water partition coefficient (Wildman–Crippen LogP) is 2.57. The molecule has 1 atom stereocenters. The fourth-order valence-corrected chi connectivity index (χ4v) is 1.27. The van der Waals surface area contributed by atoms with E-state index in [4.69, 9.17) is 0 Å². The number of rotatable bonds is 5. The maximum Gasteiger partial charge on any atom is 0.241 e. The maximum atomic E-state index is 12.9. The minimum atomic E-state index is -0.355. The molecule has 17 heavy (non-hydrogen) atoms. The summed E-state index contributed by atoms with van der Waals surface area (Å²) in [5.41, 5.74) is 0.482. The number of anilines is 1. The molecule has 0 aromatic heterocycles. The van der Waals surface area contributed by atoms with Gasteiger partial charge in [-0.3, -0.25) is 4.79 Å². The second-order valence-corrected chi connectivity index (χ2v) is 3.68. The standard InChI is InChI=1S/C12H17FN2O.ClH/c1-3-7-14-9(2)12(16)15-11-6-4-5-10(13)8-11;/h4-6,8-9,14H,3,7H2,1-2H3,(H,15,16);1H. The molecule has 1 unspecified atom stereocenters. The quantitative estimate of drug-likeness (QED) is 0.854. The molecule has 0 bridgehead atoms. The first kappa shape index (κ1) is 15.9. The summed E-state index contributed by atoms with van der Waals surface area (Å²) in [6.45, 7) is 4.60. The van der Waals surface area contributed by atoms with Crippen molar-refractivity contribution in [2.45, 2.75) is 26.3 Å². The highest BCUT2D eigenvalue weighted by Gasteiger charge is 2.11. The summed E-state index contributed by atoms with van der Waals surface area (Å²) in [6.07, 6.45) is 0.970. The highest BCUT2D eigenvalue weighted by Crippen LogP contribution is 2.09. The minimum absolute atomic E-state index is 0. The molecule has 0 saturated carbocycles. The van der Waals surface area contributed by atoms with Crippen molar-refractivity contribution in [3.63, 3.8) is 0 Å². The van der Waals surface area contributed by atoms with E-state index in [0.29, 0.717) is 5.69 Å². The third kappa shape index (κ3) is 5.65. The van der Waals surface area contributed by atoms with Crippen LogP contribution in [0.5, 0.6) is 0 Å². The molecule has 1 amide bonds. The average molecular weight is 261 g/mol. The van der Waals surface area contributed by atoms with Crippen LogP contribution in [0.1, 0.15) is 20.3 Å². The summed E-state index contributed by atoms with van der Waals surface area (Å²) in [7, 11) is 0. The summed E-state index contributed by atoms with van der Waals surface area (Å²) in [5.74, 6) is -0.508. The molecule has 0 fully saturated rings. The van der Waals surface area contributed by atoms with Crippen LogP contribution < -0.4 is 10.6 Å². The zero-order chi connectivity index (χ0) is 12.0. The van der Waals surface area contributed by atoms with E-state index in [9.17, 15) is 9.18 Å². The Morgan fingerprint density at radius 2 is 2.18 bits per heavy atom. The predicted molar refractivity (Wildman–Crippen MR) is 70.0 cm³/mol. The van der Waals surface area contributed by atoms with Gasteiger partial charge in [0.1, 0.15) is 5.82 Å². The van der Waals surface area contributed by atoms with Crippen molar-refractivity contribution in [2.24, 2.45) is 0 Å². The smallest absolute Gasteiger partial charge is 0.241 e. The van der Waals surface area contributed by atoms with E-state index in [1.807, 2.05) is 6.92 Å². The van der Waals surface area contributed by atoms with Crippen molar-refractivity contribution in [3.05, 3.63) is 30.1 Å². The number of amides is 1. The lowest BCUT2D eigenvalue weighted by Gasteiger charge is -2.13. The van der Waals surface area contributed by atoms with Crippen molar-refractivity contribution in [2.75, 3.05) is 11.9 Å². The van der Waals surface area contributed by atoms with Crippen molar-refractivity contribution in [1.82, 2.24) is 5.32 Å². The summed E-state index contributed by atoms with van der Waals surface area (Å²) in [6, 6.07) is 5.59. The molecule has 2 N–H and O–H groups in total. The van der Waals surface area contributed by atoms with Crippen LogP contribution in [0.3, 0.4) is 0 Å². The van der Waals surface area contributed by atoms with Gasteiger partial charge in [0, 0.05) is 5.69 Å². The molecule has 0 aliphatic rings. The molecule has 0 aliphatic heterocycles. The molecular formula is C12H18ClFN2O. The van der Waals surface area contributed by atoms with E-state index >= 15 is 0 Å². The first-order valence-electron chi connectivity index (χ1n) is 5.43. The molecule has 1 aromatic carbocycles. The van der Waals surface area contributed by atoms with E-state index in [2.05, 4.69) is 10.6 Å². The van der Waals surface area contributed by atoms with E-state index in [-0.39, 0.29) is 30.2 Å². The Balaban J connectivity index is 0.00000256. The maximum absolute atomic E-state index is 12.9. The zero-order valence-electron chi connectivity index (χ0n) is 10.00. The SMILES string of the molecule is CCCNC(C)C(=O)Nc1cccc(F)c1.Cl. The van der Waals surface area contributed by atoms with Gasteiger partial charge in [-0.15, -0.1) is 12.4 Å². The number of hydrogen-bond donors (Lipinski definition) is 2. The Labute approximate surface area is 107 Å². The lowest BCUT2D eigenvalue weighted by Crippen LogP contribution is -2.38. The summed E-state index contributed by atoms with van der Waals surface area (Å²) >= 11 is 0. The van der Waals surface area contributed by atoms with Crippen molar-refractivity contribution < 1.29 is 9.18 Å². The van der Waals surface area contributed by atoms with Gasteiger partial charge in [0.05, 0.1) is 6.04 Å². The van der Waals surface area contributed by atoms with Gasteiger partial charge in [-0.05, 0) is 38.1 Å². The van der Waals surface area contributed by atoms with E-state index in [1.54, 1.807) is 19.1 Å². The third-order valence-electron chi connectivity index (χ3n) is 2.19. The first-order valence-corrected chi connectivity index (χ1v) is 5.43. The Bertz CT molecular complexity index is 360. The molecule has 3 nitrogen and oxygen atoms in total. The van der Waals surface area contributed by atoms with Crippen LogP contribution >= 0.6 is 12.4 Å². The Hall–Kier alpha value is -1.13. The van der Waals surface area contributed by atoms with Gasteiger partial charge < -0.3 is 10.6 Å². The number of nitrogens with one attached hydrogen (secondary N) is 2. The number of carbonyl (C=O) groups excluding carboxylic acids is 1. The number of benzene rings is 1. The van der Waals surface area contributed by atoms with Gasteiger partial charge in [0.15, 0.2) is 0 Å². The molecule has 5 heteroatoms. The van der Waals surface area contributed by atoms with E-state index in [0.717, 1.165) is 13.0 Å². The first-order chi connectivity index (χ1) is 7.63. The Morgan fingerprint density at radius 3 is 2.76 bits per heavy atom. The highest BCUT2D eigenvalue weighted by atomic mass is 35.5. The van der Waals surface area contributed by atoms with Crippen molar-refractivity contribution in [3.8, 4) is 0 Å². The van der Waals surface area contributed by atoms with Crippen LogP contribution in [-0.2, 0) is 4.79 Å². The van der Waals surface area contributed by atoms with E-state index < -0.39 is 0 Å². The van der Waals surface area contributed by atoms with Gasteiger partial charge in [0.25, 0.3) is 0 Å². The van der Waals surface area contributed by atoms with Crippen LogP contribution in [0.2, 0.25) is 0 Å². The van der Waals surface area contributed by atoms with Crippen LogP contribution in [0, 0.1) is 5.82 Å². The molecule has 0 heterocycles. The van der Waals surface area contributed by atoms with Gasteiger partial charge in [-0.1, -0.05) is 13.0 Å².